The molecule has 22 heavy (non-hydrogen) atoms. The molecule has 0 bridgehead atoms. The number of piperidine rings is 2. The van der Waals surface area contributed by atoms with E-state index in [2.05, 4.69) is 0 Å². The van der Waals surface area contributed by atoms with Gasteiger partial charge in [0.15, 0.2) is 0 Å². The number of benzene rings is 1. The fourth-order valence-corrected chi connectivity index (χ4v) is 4.38. The maximum absolute atomic E-state index is 12.2. The van der Waals surface area contributed by atoms with E-state index in [9.17, 15) is 4.79 Å². The predicted octanol–water partition coefficient (Wildman–Crippen LogP) is 3.00. The first-order valence-corrected chi connectivity index (χ1v) is 8.87. The van der Waals surface area contributed by atoms with E-state index in [1.165, 1.54) is 38.8 Å². The van der Waals surface area contributed by atoms with E-state index in [1.54, 1.807) is 23.1 Å². The van der Waals surface area contributed by atoms with Crippen LogP contribution in [-0.4, -0.2) is 31.7 Å². The zero-order valence-electron chi connectivity index (χ0n) is 12.6. The summed E-state index contributed by atoms with van der Waals surface area (Å²) in [5.74, 6) is 0.142. The van der Waals surface area contributed by atoms with Crippen LogP contribution in [0.25, 0.3) is 0 Å². The largest absolute Gasteiger partial charge is 0.462 e. The quantitative estimate of drug-likeness (QED) is 0.856. The normalized spacial score (nSPS) is 28.0. The van der Waals surface area contributed by atoms with Crippen molar-refractivity contribution in [3.63, 3.8) is 0 Å². The molecule has 3 atom stereocenters. The fraction of sp³-hybridized carbons (Fsp3) is 0.588. The maximum Gasteiger partial charge on any atom is 0.339 e. The monoisotopic (exact) mass is 342 g/mol. The van der Waals surface area contributed by atoms with Gasteiger partial charge < -0.3 is 9.64 Å². The standard InChI is InChI=1S/C17H21Cl2NO2/c18-13-6-7-14(15(19)10-13)17(21)22-11-12-4-3-9-20-8-2-1-5-16(12)20/h6-7,10,12,16H,1-5,8-9,11H2/p+1/t12-,16+/m1/s1. The molecule has 0 radical (unpaired) electrons. The highest BCUT2D eigenvalue weighted by Crippen LogP contribution is 2.24. The highest BCUT2D eigenvalue weighted by atomic mass is 35.5. The molecule has 120 valence electrons. The first-order chi connectivity index (χ1) is 10.6. The number of carbonyl (C=O) groups excluding carboxylic acids is 1. The van der Waals surface area contributed by atoms with Gasteiger partial charge >= 0.3 is 5.97 Å². The summed E-state index contributed by atoms with van der Waals surface area (Å²) in [4.78, 5) is 13.9. The van der Waals surface area contributed by atoms with Crippen LogP contribution in [0.3, 0.4) is 0 Å². The molecule has 1 aromatic rings. The van der Waals surface area contributed by atoms with Crippen LogP contribution in [0.4, 0.5) is 0 Å². The molecule has 2 aliphatic heterocycles. The third-order valence-electron chi connectivity index (χ3n) is 5.01. The van der Waals surface area contributed by atoms with Gasteiger partial charge in [-0.25, -0.2) is 4.79 Å². The minimum absolute atomic E-state index is 0.343. The summed E-state index contributed by atoms with van der Waals surface area (Å²) in [6.07, 6.45) is 6.30. The predicted molar refractivity (Wildman–Crippen MR) is 87.8 cm³/mol. The van der Waals surface area contributed by atoms with Gasteiger partial charge in [0.25, 0.3) is 0 Å². The number of halogens is 2. The molecule has 3 nitrogen and oxygen atoms in total. The molecule has 0 saturated carbocycles. The van der Waals surface area contributed by atoms with Crippen LogP contribution in [-0.2, 0) is 4.74 Å². The van der Waals surface area contributed by atoms with Gasteiger partial charge in [0.1, 0.15) is 6.61 Å². The fourth-order valence-electron chi connectivity index (χ4n) is 3.89. The Bertz CT molecular complexity index is 547. The Kier molecular flexibility index (Phi) is 5.27. The van der Waals surface area contributed by atoms with Crippen molar-refractivity contribution in [1.29, 1.82) is 0 Å². The molecule has 1 N–H and O–H groups in total. The van der Waals surface area contributed by atoms with Crippen molar-refractivity contribution >= 4 is 29.2 Å². The Balaban J connectivity index is 1.60. The van der Waals surface area contributed by atoms with E-state index in [-0.39, 0.29) is 5.97 Å². The van der Waals surface area contributed by atoms with Crippen LogP contribution in [0.2, 0.25) is 10.0 Å². The van der Waals surface area contributed by atoms with Crippen molar-refractivity contribution < 1.29 is 14.4 Å². The molecule has 0 spiro atoms. The number of fused-ring (bicyclic) bond motifs is 1. The van der Waals surface area contributed by atoms with Crippen LogP contribution in [0.15, 0.2) is 18.2 Å². The lowest BCUT2D eigenvalue weighted by molar-refractivity contribution is -0.940. The first-order valence-electron chi connectivity index (χ1n) is 8.12. The van der Waals surface area contributed by atoms with Gasteiger partial charge in [-0.3, -0.25) is 0 Å². The summed E-state index contributed by atoms with van der Waals surface area (Å²) in [5.41, 5.74) is 0.398. The second-order valence-corrected chi connectivity index (χ2v) is 7.23. The van der Waals surface area contributed by atoms with E-state index in [1.807, 2.05) is 0 Å². The number of nitrogens with one attached hydrogen (secondary N) is 1. The lowest BCUT2D eigenvalue weighted by atomic mass is 9.84. The van der Waals surface area contributed by atoms with E-state index in [0.29, 0.717) is 34.2 Å². The molecule has 2 fully saturated rings. The molecule has 2 saturated heterocycles. The van der Waals surface area contributed by atoms with Gasteiger partial charge in [-0.1, -0.05) is 23.2 Å². The third-order valence-corrected chi connectivity index (χ3v) is 5.56. The number of ether oxygens (including phenoxy) is 1. The molecule has 2 heterocycles. The molecule has 2 aliphatic rings. The summed E-state index contributed by atoms with van der Waals surface area (Å²) in [5, 5.41) is 0.876. The smallest absolute Gasteiger partial charge is 0.339 e. The van der Waals surface area contributed by atoms with E-state index in [0.717, 1.165) is 6.42 Å². The highest BCUT2D eigenvalue weighted by Gasteiger charge is 2.37. The van der Waals surface area contributed by atoms with E-state index >= 15 is 0 Å². The van der Waals surface area contributed by atoms with Crippen molar-refractivity contribution in [2.45, 2.75) is 38.1 Å². The minimum Gasteiger partial charge on any atom is -0.462 e. The van der Waals surface area contributed by atoms with Gasteiger partial charge in [0, 0.05) is 10.9 Å². The third kappa shape index (κ3) is 3.58. The van der Waals surface area contributed by atoms with Gasteiger partial charge in [-0.05, 0) is 50.3 Å². The molecule has 0 aromatic heterocycles. The summed E-state index contributed by atoms with van der Waals surface area (Å²) in [7, 11) is 0. The summed E-state index contributed by atoms with van der Waals surface area (Å²) in [6, 6.07) is 5.53. The Morgan fingerprint density at radius 1 is 1.18 bits per heavy atom. The van der Waals surface area contributed by atoms with E-state index in [4.69, 9.17) is 27.9 Å². The van der Waals surface area contributed by atoms with Crippen molar-refractivity contribution in [2.24, 2.45) is 5.92 Å². The zero-order chi connectivity index (χ0) is 15.5. The van der Waals surface area contributed by atoms with Gasteiger partial charge in [-0.15, -0.1) is 0 Å². The molecule has 1 unspecified atom stereocenters. The molecule has 3 rings (SSSR count). The van der Waals surface area contributed by atoms with Gasteiger partial charge in [0.05, 0.1) is 29.7 Å². The molecule has 5 heteroatoms. The molecular formula is C17H22Cl2NO2+. The van der Waals surface area contributed by atoms with Gasteiger partial charge in [0.2, 0.25) is 0 Å². The number of quaternary nitrogens is 1. The molecular weight excluding hydrogens is 321 g/mol. The average Bonchev–Trinajstić information content (AvgIpc) is 2.52. The van der Waals surface area contributed by atoms with Crippen LogP contribution in [0, 0.1) is 5.92 Å². The molecule has 0 aliphatic carbocycles. The van der Waals surface area contributed by atoms with Crippen LogP contribution >= 0.6 is 23.2 Å². The molecule has 0 amide bonds. The first kappa shape index (κ1) is 16.1. The van der Waals surface area contributed by atoms with Crippen molar-refractivity contribution in [3.8, 4) is 0 Å². The Labute approximate surface area is 141 Å². The zero-order valence-corrected chi connectivity index (χ0v) is 14.1. The Morgan fingerprint density at radius 3 is 2.82 bits per heavy atom. The van der Waals surface area contributed by atoms with Gasteiger partial charge in [-0.2, -0.15) is 0 Å². The summed E-state index contributed by atoms with van der Waals surface area (Å²) >= 11 is 11.9. The Morgan fingerprint density at radius 2 is 2.00 bits per heavy atom. The number of rotatable bonds is 3. The Hall–Kier alpha value is -0.770. The lowest BCUT2D eigenvalue weighted by Gasteiger charge is -2.41. The average molecular weight is 343 g/mol. The second-order valence-electron chi connectivity index (χ2n) is 6.39. The summed E-state index contributed by atoms with van der Waals surface area (Å²) < 4.78 is 5.56. The number of hydrogen-bond donors (Lipinski definition) is 1. The number of carbonyl (C=O) groups is 1. The minimum atomic E-state index is -0.343. The van der Waals surface area contributed by atoms with Crippen LogP contribution in [0.5, 0.6) is 0 Å². The number of hydrogen-bond acceptors (Lipinski definition) is 2. The second kappa shape index (κ2) is 7.20. The van der Waals surface area contributed by atoms with Crippen molar-refractivity contribution in [2.75, 3.05) is 19.7 Å². The van der Waals surface area contributed by atoms with E-state index < -0.39 is 0 Å². The lowest BCUT2D eigenvalue weighted by Crippen LogP contribution is -3.18. The summed E-state index contributed by atoms with van der Waals surface area (Å²) in [6.45, 7) is 3.06. The van der Waals surface area contributed by atoms with Crippen LogP contribution in [0.1, 0.15) is 42.5 Å². The molecule has 1 aromatic carbocycles. The number of esters is 1. The van der Waals surface area contributed by atoms with Crippen molar-refractivity contribution in [3.05, 3.63) is 33.8 Å². The highest BCUT2D eigenvalue weighted by molar-refractivity contribution is 6.36. The maximum atomic E-state index is 12.2. The SMILES string of the molecule is O=C(OC[C@H]1CCC[NH+]2CCCC[C@@H]12)c1ccc(Cl)cc1Cl. The van der Waals surface area contributed by atoms with Crippen molar-refractivity contribution in [1.82, 2.24) is 0 Å². The van der Waals surface area contributed by atoms with Crippen LogP contribution < -0.4 is 4.90 Å². The topological polar surface area (TPSA) is 30.7 Å².